The van der Waals surface area contributed by atoms with E-state index >= 15 is 0 Å². The van der Waals surface area contributed by atoms with E-state index < -0.39 is 27.8 Å². The SMILES string of the molecule is CCN(CC)C(=O)C(CCc1ccc(NC(=O)c2ccccc2)cc1)C(=O)NS(=O)(=O)c1ccc2ccccc2c1. The first kappa shape index (κ1) is 29.5. The maximum Gasteiger partial charge on any atom is 0.264 e. The maximum absolute atomic E-state index is 13.3. The fourth-order valence-corrected chi connectivity index (χ4v) is 5.63. The van der Waals surface area contributed by atoms with E-state index in [4.69, 9.17) is 0 Å². The quantitative estimate of drug-likeness (QED) is 0.246. The van der Waals surface area contributed by atoms with Gasteiger partial charge in [-0.3, -0.25) is 14.4 Å². The summed E-state index contributed by atoms with van der Waals surface area (Å²) >= 11 is 0. The summed E-state index contributed by atoms with van der Waals surface area (Å²) in [6, 6.07) is 27.9. The van der Waals surface area contributed by atoms with Gasteiger partial charge < -0.3 is 10.2 Å². The van der Waals surface area contributed by atoms with Gasteiger partial charge in [0.2, 0.25) is 11.8 Å². The molecule has 8 nitrogen and oxygen atoms in total. The Balaban J connectivity index is 1.47. The molecule has 0 spiro atoms. The van der Waals surface area contributed by atoms with Crippen LogP contribution in [0.25, 0.3) is 10.8 Å². The molecule has 0 heterocycles. The van der Waals surface area contributed by atoms with Gasteiger partial charge in [-0.25, -0.2) is 13.1 Å². The molecule has 0 saturated carbocycles. The van der Waals surface area contributed by atoms with Gasteiger partial charge in [-0.15, -0.1) is 0 Å². The number of carbonyl (C=O) groups excluding carboxylic acids is 3. The van der Waals surface area contributed by atoms with Crippen LogP contribution in [-0.2, 0) is 26.0 Å². The summed E-state index contributed by atoms with van der Waals surface area (Å²) in [7, 11) is -4.20. The van der Waals surface area contributed by atoms with Crippen molar-refractivity contribution in [2.75, 3.05) is 18.4 Å². The molecule has 4 rings (SSSR count). The monoisotopic (exact) mass is 571 g/mol. The maximum atomic E-state index is 13.3. The molecule has 0 fully saturated rings. The minimum absolute atomic E-state index is 0.0493. The number of anilines is 1. The van der Waals surface area contributed by atoms with Crippen LogP contribution in [0.15, 0.2) is 102 Å². The van der Waals surface area contributed by atoms with Gasteiger partial charge in [0, 0.05) is 24.3 Å². The lowest BCUT2D eigenvalue weighted by Crippen LogP contribution is -2.45. The summed E-state index contributed by atoms with van der Waals surface area (Å²) in [6.45, 7) is 4.41. The molecule has 0 bridgehead atoms. The Labute approximate surface area is 240 Å². The number of sulfonamides is 1. The van der Waals surface area contributed by atoms with Crippen LogP contribution >= 0.6 is 0 Å². The van der Waals surface area contributed by atoms with E-state index in [9.17, 15) is 22.8 Å². The van der Waals surface area contributed by atoms with Crippen molar-refractivity contribution in [3.63, 3.8) is 0 Å². The summed E-state index contributed by atoms with van der Waals surface area (Å²) in [5.41, 5.74) is 1.99. The van der Waals surface area contributed by atoms with Gasteiger partial charge in [-0.05, 0) is 79.4 Å². The summed E-state index contributed by atoms with van der Waals surface area (Å²) < 4.78 is 28.4. The van der Waals surface area contributed by atoms with Crippen LogP contribution in [0, 0.1) is 5.92 Å². The number of aryl methyl sites for hydroxylation is 1. The lowest BCUT2D eigenvalue weighted by molar-refractivity contribution is -0.141. The first-order valence-electron chi connectivity index (χ1n) is 13.5. The van der Waals surface area contributed by atoms with E-state index in [-0.39, 0.29) is 17.2 Å². The van der Waals surface area contributed by atoms with Crippen molar-refractivity contribution in [1.29, 1.82) is 0 Å². The van der Waals surface area contributed by atoms with E-state index in [1.165, 1.54) is 17.0 Å². The van der Waals surface area contributed by atoms with Crippen molar-refractivity contribution < 1.29 is 22.8 Å². The third-order valence-electron chi connectivity index (χ3n) is 6.93. The Hall–Kier alpha value is -4.50. The second-order valence-electron chi connectivity index (χ2n) is 9.60. The molecule has 4 aromatic rings. The molecular formula is C32H33N3O5S. The van der Waals surface area contributed by atoms with E-state index in [2.05, 4.69) is 10.0 Å². The number of fused-ring (bicyclic) bond motifs is 1. The number of rotatable bonds is 11. The van der Waals surface area contributed by atoms with Crippen LogP contribution in [0.4, 0.5) is 5.69 Å². The lowest BCUT2D eigenvalue weighted by atomic mass is 9.97. The molecule has 0 aliphatic rings. The molecule has 9 heteroatoms. The van der Waals surface area contributed by atoms with Crippen LogP contribution in [0.2, 0.25) is 0 Å². The highest BCUT2D eigenvalue weighted by Crippen LogP contribution is 2.21. The third kappa shape index (κ3) is 7.37. The van der Waals surface area contributed by atoms with Crippen molar-refractivity contribution >= 4 is 44.2 Å². The molecular weight excluding hydrogens is 538 g/mol. The molecule has 4 aromatic carbocycles. The normalized spacial score (nSPS) is 12.0. The number of hydrogen-bond acceptors (Lipinski definition) is 5. The molecule has 3 amide bonds. The van der Waals surface area contributed by atoms with Gasteiger partial charge in [0.25, 0.3) is 15.9 Å². The van der Waals surface area contributed by atoms with E-state index in [0.717, 1.165) is 16.3 Å². The number of amides is 3. The van der Waals surface area contributed by atoms with Crippen LogP contribution in [-0.4, -0.2) is 44.1 Å². The van der Waals surface area contributed by atoms with Crippen LogP contribution in [0.5, 0.6) is 0 Å². The zero-order valence-electron chi connectivity index (χ0n) is 23.0. The number of nitrogens with one attached hydrogen (secondary N) is 2. The Morgan fingerprint density at radius 3 is 2.07 bits per heavy atom. The number of benzene rings is 4. The Bertz CT molecular complexity index is 1630. The smallest absolute Gasteiger partial charge is 0.264 e. The van der Waals surface area contributed by atoms with Gasteiger partial charge in [0.1, 0.15) is 5.92 Å². The number of carbonyl (C=O) groups is 3. The van der Waals surface area contributed by atoms with Crippen LogP contribution < -0.4 is 10.0 Å². The Morgan fingerprint density at radius 1 is 0.780 bits per heavy atom. The number of nitrogens with zero attached hydrogens (tertiary/aromatic N) is 1. The Kier molecular flexibility index (Phi) is 9.52. The van der Waals surface area contributed by atoms with Gasteiger partial charge in [0.05, 0.1) is 4.90 Å². The highest BCUT2D eigenvalue weighted by molar-refractivity contribution is 7.90. The van der Waals surface area contributed by atoms with E-state index in [1.54, 1.807) is 54.6 Å². The minimum Gasteiger partial charge on any atom is -0.343 e. The number of hydrogen-bond donors (Lipinski definition) is 2. The van der Waals surface area contributed by atoms with Gasteiger partial charge >= 0.3 is 0 Å². The molecule has 41 heavy (non-hydrogen) atoms. The lowest BCUT2D eigenvalue weighted by Gasteiger charge is -2.24. The summed E-state index contributed by atoms with van der Waals surface area (Å²) in [5.74, 6) is -2.70. The molecule has 0 aromatic heterocycles. The van der Waals surface area contributed by atoms with Crippen molar-refractivity contribution in [3.8, 4) is 0 Å². The molecule has 212 valence electrons. The van der Waals surface area contributed by atoms with Crippen molar-refractivity contribution in [3.05, 3.63) is 108 Å². The zero-order valence-corrected chi connectivity index (χ0v) is 23.9. The van der Waals surface area contributed by atoms with Gasteiger partial charge in [-0.2, -0.15) is 0 Å². The first-order valence-corrected chi connectivity index (χ1v) is 15.0. The molecule has 0 saturated heterocycles. The first-order chi connectivity index (χ1) is 19.7. The molecule has 0 aliphatic carbocycles. The van der Waals surface area contributed by atoms with Gasteiger partial charge in [-0.1, -0.05) is 60.7 Å². The topological polar surface area (TPSA) is 113 Å². The molecule has 1 atom stereocenters. The molecule has 1 unspecified atom stereocenters. The van der Waals surface area contributed by atoms with Crippen LogP contribution in [0.3, 0.4) is 0 Å². The summed E-state index contributed by atoms with van der Waals surface area (Å²) in [4.78, 5) is 40.5. The van der Waals surface area contributed by atoms with E-state index in [0.29, 0.717) is 30.8 Å². The van der Waals surface area contributed by atoms with Crippen molar-refractivity contribution in [2.24, 2.45) is 5.92 Å². The second kappa shape index (κ2) is 13.2. The standard InChI is InChI=1S/C32H33N3O5S/c1-3-35(4-2)32(38)29(31(37)34-41(39,40)28-20-17-24-10-8-9-13-26(24)22-28)21-16-23-14-18-27(19-15-23)33-30(36)25-11-6-5-7-12-25/h5-15,17-20,22,29H,3-4,16,21H2,1-2H3,(H,33,36)(H,34,37). The highest BCUT2D eigenvalue weighted by Gasteiger charge is 2.32. The Morgan fingerprint density at radius 2 is 1.41 bits per heavy atom. The van der Waals surface area contributed by atoms with Crippen molar-refractivity contribution in [1.82, 2.24) is 9.62 Å². The summed E-state index contributed by atoms with van der Waals surface area (Å²) in [6.07, 6.45) is 0.470. The highest BCUT2D eigenvalue weighted by atomic mass is 32.2. The third-order valence-corrected chi connectivity index (χ3v) is 8.27. The summed E-state index contributed by atoms with van der Waals surface area (Å²) in [5, 5.41) is 4.44. The fraction of sp³-hybridized carbons (Fsp3) is 0.219. The second-order valence-corrected chi connectivity index (χ2v) is 11.3. The minimum atomic E-state index is -4.20. The predicted molar refractivity (Wildman–Crippen MR) is 160 cm³/mol. The predicted octanol–water partition coefficient (Wildman–Crippen LogP) is 5.01. The average Bonchev–Trinajstić information content (AvgIpc) is 2.98. The zero-order chi connectivity index (χ0) is 29.4. The average molecular weight is 572 g/mol. The fourth-order valence-electron chi connectivity index (χ4n) is 4.58. The largest absolute Gasteiger partial charge is 0.343 e. The molecule has 2 N–H and O–H groups in total. The van der Waals surface area contributed by atoms with Crippen molar-refractivity contribution in [2.45, 2.75) is 31.6 Å². The molecule has 0 radical (unpaired) electrons. The van der Waals surface area contributed by atoms with Crippen LogP contribution in [0.1, 0.15) is 36.2 Å². The van der Waals surface area contributed by atoms with E-state index in [1.807, 2.05) is 44.2 Å². The van der Waals surface area contributed by atoms with Gasteiger partial charge in [0.15, 0.2) is 0 Å². The molecule has 0 aliphatic heterocycles.